The normalized spacial score (nSPS) is 13.8. The third kappa shape index (κ3) is 4.64. The molecule has 0 atom stereocenters. The number of methoxy groups -OCH3 is 1. The number of carbonyl (C=O) groups is 1. The van der Waals surface area contributed by atoms with E-state index < -0.39 is 0 Å². The Kier molecular flexibility index (Phi) is 6.40. The van der Waals surface area contributed by atoms with Crippen LogP contribution in [0.15, 0.2) is 42.7 Å². The van der Waals surface area contributed by atoms with Gasteiger partial charge in [0.25, 0.3) is 5.91 Å². The average Bonchev–Trinajstić information content (AvgIpc) is 2.68. The summed E-state index contributed by atoms with van der Waals surface area (Å²) in [6, 6.07) is 11.6. The number of hydrogen-bond donors (Lipinski definition) is 2. The summed E-state index contributed by atoms with van der Waals surface area (Å²) in [4.78, 5) is 12.5. The number of amides is 1. The lowest BCUT2D eigenvalue weighted by molar-refractivity contribution is -0.115. The van der Waals surface area contributed by atoms with Crippen LogP contribution in [0.3, 0.4) is 0 Å². The van der Waals surface area contributed by atoms with E-state index in [1.165, 1.54) is 24.0 Å². The first-order valence-electron chi connectivity index (χ1n) is 9.19. The predicted octanol–water partition coefficient (Wildman–Crippen LogP) is 4.49. The van der Waals surface area contributed by atoms with Crippen LogP contribution in [0.5, 0.6) is 5.75 Å². The highest BCUT2D eigenvalue weighted by Crippen LogP contribution is 2.26. The van der Waals surface area contributed by atoms with Crippen molar-refractivity contribution in [1.29, 1.82) is 0 Å². The van der Waals surface area contributed by atoms with Crippen LogP contribution in [0, 0.1) is 0 Å². The van der Waals surface area contributed by atoms with Gasteiger partial charge >= 0.3 is 0 Å². The standard InChI is InChI=1S/C22H24ClNO3/c1-27-21-9-6-15(12-20(21)23)10-11-24-22(26)19(14-25)18-8-7-16-4-2-3-5-17(16)13-18/h6-9,12-14,25H,2-5,10-11H2,1H3,(H,24,26)/b19-14-. The minimum Gasteiger partial charge on any atom is -0.515 e. The van der Waals surface area contributed by atoms with Crippen molar-refractivity contribution in [2.24, 2.45) is 0 Å². The van der Waals surface area contributed by atoms with E-state index in [1.807, 2.05) is 30.3 Å². The largest absolute Gasteiger partial charge is 0.515 e. The van der Waals surface area contributed by atoms with Crippen LogP contribution in [0.4, 0.5) is 0 Å². The van der Waals surface area contributed by atoms with Gasteiger partial charge in [-0.25, -0.2) is 0 Å². The summed E-state index contributed by atoms with van der Waals surface area (Å²) in [6.45, 7) is 0.448. The molecule has 27 heavy (non-hydrogen) atoms. The molecule has 4 nitrogen and oxygen atoms in total. The maximum absolute atomic E-state index is 12.5. The lowest BCUT2D eigenvalue weighted by Crippen LogP contribution is -2.26. The molecule has 0 aliphatic heterocycles. The molecule has 0 unspecified atom stereocenters. The molecule has 5 heteroatoms. The molecule has 0 heterocycles. The molecule has 0 saturated carbocycles. The second kappa shape index (κ2) is 8.96. The summed E-state index contributed by atoms with van der Waals surface area (Å²) in [5.41, 5.74) is 4.67. The molecule has 0 aromatic heterocycles. The molecule has 1 amide bonds. The molecular formula is C22H24ClNO3. The van der Waals surface area contributed by atoms with Gasteiger partial charge in [0.15, 0.2) is 0 Å². The number of fused-ring (bicyclic) bond motifs is 1. The highest BCUT2D eigenvalue weighted by Gasteiger charge is 2.16. The maximum Gasteiger partial charge on any atom is 0.255 e. The molecule has 0 fully saturated rings. The van der Waals surface area contributed by atoms with Gasteiger partial charge in [0.1, 0.15) is 5.75 Å². The van der Waals surface area contributed by atoms with Crippen molar-refractivity contribution in [3.63, 3.8) is 0 Å². The Balaban J connectivity index is 1.61. The number of halogens is 1. The van der Waals surface area contributed by atoms with Crippen molar-refractivity contribution in [1.82, 2.24) is 5.32 Å². The van der Waals surface area contributed by atoms with Crippen molar-refractivity contribution < 1.29 is 14.6 Å². The van der Waals surface area contributed by atoms with Crippen LogP contribution in [0.2, 0.25) is 5.02 Å². The molecule has 2 aromatic rings. The van der Waals surface area contributed by atoms with E-state index in [0.717, 1.165) is 30.2 Å². The fourth-order valence-corrected chi connectivity index (χ4v) is 3.73. The van der Waals surface area contributed by atoms with Gasteiger partial charge in [0, 0.05) is 6.54 Å². The highest BCUT2D eigenvalue weighted by atomic mass is 35.5. The van der Waals surface area contributed by atoms with Crippen molar-refractivity contribution in [2.75, 3.05) is 13.7 Å². The minimum atomic E-state index is -0.284. The molecule has 1 aliphatic rings. The molecule has 2 N–H and O–H groups in total. The number of aliphatic hydroxyl groups excluding tert-OH is 1. The van der Waals surface area contributed by atoms with E-state index in [1.54, 1.807) is 7.11 Å². The molecule has 0 saturated heterocycles. The predicted molar refractivity (Wildman–Crippen MR) is 108 cm³/mol. The Morgan fingerprint density at radius 3 is 2.67 bits per heavy atom. The second-order valence-corrected chi connectivity index (χ2v) is 7.12. The zero-order valence-electron chi connectivity index (χ0n) is 15.4. The number of aryl methyl sites for hydroxylation is 2. The first kappa shape index (κ1) is 19.3. The Labute approximate surface area is 164 Å². The van der Waals surface area contributed by atoms with Gasteiger partial charge in [-0.3, -0.25) is 4.79 Å². The SMILES string of the molecule is COc1ccc(CCNC(=O)/C(=C\O)c2ccc3c(c2)CCCC3)cc1Cl. The minimum absolute atomic E-state index is 0.284. The van der Waals surface area contributed by atoms with E-state index in [0.29, 0.717) is 23.7 Å². The number of rotatable bonds is 6. The van der Waals surface area contributed by atoms with E-state index in [9.17, 15) is 9.90 Å². The van der Waals surface area contributed by atoms with Gasteiger partial charge in [-0.1, -0.05) is 35.9 Å². The third-order valence-corrected chi connectivity index (χ3v) is 5.24. The number of benzene rings is 2. The zero-order chi connectivity index (χ0) is 19.2. The number of aliphatic hydroxyl groups is 1. The topological polar surface area (TPSA) is 58.6 Å². The maximum atomic E-state index is 12.5. The van der Waals surface area contributed by atoms with Crippen LogP contribution in [0.25, 0.3) is 5.57 Å². The summed E-state index contributed by atoms with van der Waals surface area (Å²) in [7, 11) is 1.57. The fraction of sp³-hybridized carbons (Fsp3) is 0.318. The Hall–Kier alpha value is -2.46. The Morgan fingerprint density at radius 1 is 1.19 bits per heavy atom. The van der Waals surface area contributed by atoms with Crippen molar-refractivity contribution >= 4 is 23.1 Å². The Morgan fingerprint density at radius 2 is 1.96 bits per heavy atom. The van der Waals surface area contributed by atoms with E-state index in [4.69, 9.17) is 16.3 Å². The lowest BCUT2D eigenvalue weighted by Gasteiger charge is -2.17. The smallest absolute Gasteiger partial charge is 0.255 e. The van der Waals surface area contributed by atoms with Gasteiger partial charge in [-0.2, -0.15) is 0 Å². The summed E-state index contributed by atoms with van der Waals surface area (Å²) in [6.07, 6.45) is 6.03. The van der Waals surface area contributed by atoms with Crippen LogP contribution in [-0.2, 0) is 24.1 Å². The van der Waals surface area contributed by atoms with E-state index >= 15 is 0 Å². The summed E-state index contributed by atoms with van der Waals surface area (Å²) < 4.78 is 5.14. The molecule has 1 aliphatic carbocycles. The number of hydrogen-bond acceptors (Lipinski definition) is 3. The monoisotopic (exact) mass is 385 g/mol. The summed E-state index contributed by atoms with van der Waals surface area (Å²) in [5.74, 6) is 0.343. The molecule has 3 rings (SSSR count). The molecule has 0 radical (unpaired) electrons. The van der Waals surface area contributed by atoms with Crippen molar-refractivity contribution in [2.45, 2.75) is 32.1 Å². The Bertz CT molecular complexity index is 861. The van der Waals surface area contributed by atoms with Gasteiger partial charge in [-0.05, 0) is 66.5 Å². The molecular weight excluding hydrogens is 362 g/mol. The molecule has 2 aromatic carbocycles. The van der Waals surface area contributed by atoms with Crippen LogP contribution in [-0.4, -0.2) is 24.7 Å². The quantitative estimate of drug-likeness (QED) is 0.569. The second-order valence-electron chi connectivity index (χ2n) is 6.71. The zero-order valence-corrected chi connectivity index (χ0v) is 16.2. The van der Waals surface area contributed by atoms with Crippen LogP contribution >= 0.6 is 11.6 Å². The molecule has 142 valence electrons. The van der Waals surface area contributed by atoms with Gasteiger partial charge in [0.05, 0.1) is 24.0 Å². The van der Waals surface area contributed by atoms with E-state index in [-0.39, 0.29) is 11.5 Å². The molecule has 0 spiro atoms. The summed E-state index contributed by atoms with van der Waals surface area (Å²) in [5, 5.41) is 13.0. The first-order chi connectivity index (χ1) is 13.1. The van der Waals surface area contributed by atoms with E-state index in [2.05, 4.69) is 11.4 Å². The average molecular weight is 386 g/mol. The third-order valence-electron chi connectivity index (χ3n) is 4.95. The van der Waals surface area contributed by atoms with Crippen LogP contribution < -0.4 is 10.1 Å². The molecule has 0 bridgehead atoms. The number of nitrogens with one attached hydrogen (secondary N) is 1. The summed E-state index contributed by atoms with van der Waals surface area (Å²) >= 11 is 6.13. The van der Waals surface area contributed by atoms with Crippen molar-refractivity contribution in [3.8, 4) is 5.75 Å². The highest BCUT2D eigenvalue weighted by molar-refractivity contribution is 6.32. The van der Waals surface area contributed by atoms with Gasteiger partial charge < -0.3 is 15.2 Å². The van der Waals surface area contributed by atoms with Crippen LogP contribution in [0.1, 0.15) is 35.1 Å². The first-order valence-corrected chi connectivity index (χ1v) is 9.57. The number of ether oxygens (including phenoxy) is 1. The fourth-order valence-electron chi connectivity index (χ4n) is 3.45. The lowest BCUT2D eigenvalue weighted by atomic mass is 9.89. The van der Waals surface area contributed by atoms with Crippen molar-refractivity contribution in [3.05, 3.63) is 69.9 Å². The number of carbonyl (C=O) groups excluding carboxylic acids is 1. The van der Waals surface area contributed by atoms with Gasteiger partial charge in [0.2, 0.25) is 0 Å². The van der Waals surface area contributed by atoms with Gasteiger partial charge in [-0.15, -0.1) is 0 Å².